The molecule has 0 aliphatic heterocycles. The average molecular weight is 296 g/mol. The number of Topliss-reactive ketones (excluding diaryl/α,β-unsaturated/α-hetero) is 1. The lowest BCUT2D eigenvalue weighted by molar-refractivity contribution is 0.0910. The van der Waals surface area contributed by atoms with Gasteiger partial charge in [-0.2, -0.15) is 5.10 Å². The van der Waals surface area contributed by atoms with Crippen LogP contribution in [-0.4, -0.2) is 15.6 Å². The molecule has 0 fully saturated rings. The first-order valence-electron chi connectivity index (χ1n) is 8.01. The van der Waals surface area contributed by atoms with Crippen molar-refractivity contribution in [3.63, 3.8) is 0 Å². The molecule has 3 nitrogen and oxygen atoms in total. The van der Waals surface area contributed by atoms with E-state index >= 15 is 0 Å². The number of hydrogen-bond donors (Lipinski definition) is 0. The highest BCUT2D eigenvalue weighted by Gasteiger charge is 2.36. The van der Waals surface area contributed by atoms with E-state index in [0.717, 1.165) is 29.1 Å². The van der Waals surface area contributed by atoms with E-state index in [4.69, 9.17) is 5.10 Å². The summed E-state index contributed by atoms with van der Waals surface area (Å²) in [5.41, 5.74) is 5.15. The molecular weight excluding hydrogens is 272 g/mol. The minimum absolute atomic E-state index is 0.00107. The van der Waals surface area contributed by atoms with Gasteiger partial charge < -0.3 is 0 Å². The Morgan fingerprint density at radius 2 is 1.86 bits per heavy atom. The zero-order chi connectivity index (χ0) is 16.1. The number of carbonyl (C=O) groups is 1. The van der Waals surface area contributed by atoms with Gasteiger partial charge in [-0.25, -0.2) is 4.68 Å². The molecule has 0 bridgehead atoms. The highest BCUT2D eigenvalue weighted by Crippen LogP contribution is 2.37. The second-order valence-corrected chi connectivity index (χ2v) is 7.47. The lowest BCUT2D eigenvalue weighted by Gasteiger charge is -2.29. The molecule has 0 atom stereocenters. The summed E-state index contributed by atoms with van der Waals surface area (Å²) >= 11 is 0. The molecule has 0 N–H and O–H groups in total. The van der Waals surface area contributed by atoms with Gasteiger partial charge in [0.1, 0.15) is 0 Å². The monoisotopic (exact) mass is 296 g/mol. The number of rotatable bonds is 2. The summed E-state index contributed by atoms with van der Waals surface area (Å²) in [5.74, 6) is 0.653. The summed E-state index contributed by atoms with van der Waals surface area (Å²) in [6, 6.07) is 8.37. The molecular formula is C19H24N2O. The van der Waals surface area contributed by atoms with Crippen LogP contribution in [0.1, 0.15) is 67.3 Å². The van der Waals surface area contributed by atoms with Crippen molar-refractivity contribution in [1.82, 2.24) is 9.78 Å². The summed E-state index contributed by atoms with van der Waals surface area (Å²) in [6.07, 6.45) is 1.50. The van der Waals surface area contributed by atoms with Crippen molar-refractivity contribution in [1.29, 1.82) is 0 Å². The van der Waals surface area contributed by atoms with Gasteiger partial charge in [0.25, 0.3) is 0 Å². The van der Waals surface area contributed by atoms with Gasteiger partial charge in [-0.05, 0) is 36.3 Å². The van der Waals surface area contributed by atoms with Crippen LogP contribution in [0.4, 0.5) is 0 Å². The Balaban J connectivity index is 2.23. The SMILES string of the molecule is Cc1nn(-c2ccccc2C(C)C)c2c1C(=O)CC(C)(C)C2. The fraction of sp³-hybridized carbons (Fsp3) is 0.474. The average Bonchev–Trinajstić information content (AvgIpc) is 2.74. The second kappa shape index (κ2) is 5.08. The molecule has 0 saturated heterocycles. The zero-order valence-corrected chi connectivity index (χ0v) is 14.1. The molecule has 1 aliphatic carbocycles. The Morgan fingerprint density at radius 1 is 1.18 bits per heavy atom. The predicted molar refractivity (Wildman–Crippen MR) is 88.8 cm³/mol. The van der Waals surface area contributed by atoms with E-state index in [9.17, 15) is 4.79 Å². The Labute approximate surface area is 132 Å². The highest BCUT2D eigenvalue weighted by atomic mass is 16.1. The highest BCUT2D eigenvalue weighted by molar-refractivity contribution is 5.99. The van der Waals surface area contributed by atoms with Crippen molar-refractivity contribution in [2.75, 3.05) is 0 Å². The van der Waals surface area contributed by atoms with Crippen molar-refractivity contribution in [2.45, 2.75) is 53.4 Å². The molecule has 0 amide bonds. The summed E-state index contributed by atoms with van der Waals surface area (Å²) in [5, 5.41) is 4.72. The molecule has 116 valence electrons. The molecule has 1 aliphatic rings. The molecule has 3 heteroatoms. The number of ketones is 1. The number of carbonyl (C=O) groups excluding carboxylic acids is 1. The second-order valence-electron chi connectivity index (χ2n) is 7.47. The summed E-state index contributed by atoms with van der Waals surface area (Å²) in [7, 11) is 0. The Kier molecular flexibility index (Phi) is 3.47. The van der Waals surface area contributed by atoms with Crippen LogP contribution in [0.15, 0.2) is 24.3 Å². The molecule has 0 radical (unpaired) electrons. The van der Waals surface area contributed by atoms with Gasteiger partial charge in [0.05, 0.1) is 22.6 Å². The summed E-state index contributed by atoms with van der Waals surface area (Å²) in [4.78, 5) is 12.5. The van der Waals surface area contributed by atoms with Gasteiger partial charge in [-0.3, -0.25) is 4.79 Å². The standard InChI is InChI=1S/C19H24N2O/c1-12(2)14-8-6-7-9-15(14)21-16-10-19(4,5)11-17(22)18(16)13(3)20-21/h6-9,12H,10-11H2,1-5H3. The first kappa shape index (κ1) is 15.0. The fourth-order valence-electron chi connectivity index (χ4n) is 3.51. The quantitative estimate of drug-likeness (QED) is 0.820. The number of benzene rings is 1. The predicted octanol–water partition coefficient (Wildman–Crippen LogP) is 4.46. The Morgan fingerprint density at radius 3 is 2.55 bits per heavy atom. The molecule has 3 rings (SSSR count). The van der Waals surface area contributed by atoms with E-state index in [1.165, 1.54) is 5.56 Å². The Hall–Kier alpha value is -1.90. The van der Waals surface area contributed by atoms with Crippen molar-refractivity contribution in [3.8, 4) is 5.69 Å². The molecule has 1 aromatic heterocycles. The van der Waals surface area contributed by atoms with Crippen LogP contribution in [-0.2, 0) is 6.42 Å². The van der Waals surface area contributed by atoms with Gasteiger partial charge in [0.15, 0.2) is 5.78 Å². The van der Waals surface area contributed by atoms with Gasteiger partial charge in [0, 0.05) is 6.42 Å². The Bertz CT molecular complexity index is 738. The van der Waals surface area contributed by atoms with E-state index < -0.39 is 0 Å². The van der Waals surface area contributed by atoms with E-state index in [0.29, 0.717) is 12.3 Å². The van der Waals surface area contributed by atoms with Crippen molar-refractivity contribution in [2.24, 2.45) is 5.41 Å². The van der Waals surface area contributed by atoms with Crippen LogP contribution >= 0.6 is 0 Å². The van der Waals surface area contributed by atoms with Gasteiger partial charge in [-0.15, -0.1) is 0 Å². The molecule has 22 heavy (non-hydrogen) atoms. The zero-order valence-electron chi connectivity index (χ0n) is 14.1. The lowest BCUT2D eigenvalue weighted by Crippen LogP contribution is -2.28. The van der Waals surface area contributed by atoms with Crippen molar-refractivity contribution >= 4 is 5.78 Å². The normalized spacial score (nSPS) is 16.9. The maximum absolute atomic E-state index is 12.5. The fourth-order valence-corrected chi connectivity index (χ4v) is 3.51. The number of aryl methyl sites for hydroxylation is 1. The molecule has 0 unspecified atom stereocenters. The minimum Gasteiger partial charge on any atom is -0.294 e. The van der Waals surface area contributed by atoms with Crippen LogP contribution in [0.2, 0.25) is 0 Å². The van der Waals surface area contributed by atoms with E-state index in [2.05, 4.69) is 45.9 Å². The molecule has 0 spiro atoms. The maximum Gasteiger partial charge on any atom is 0.167 e. The minimum atomic E-state index is 0.00107. The topological polar surface area (TPSA) is 34.9 Å². The van der Waals surface area contributed by atoms with E-state index in [1.54, 1.807) is 0 Å². The number of nitrogens with zero attached hydrogens (tertiary/aromatic N) is 2. The van der Waals surface area contributed by atoms with E-state index in [1.807, 2.05) is 17.7 Å². The summed E-state index contributed by atoms with van der Waals surface area (Å²) < 4.78 is 2.01. The number of aromatic nitrogens is 2. The van der Waals surface area contributed by atoms with Gasteiger partial charge in [0.2, 0.25) is 0 Å². The third kappa shape index (κ3) is 2.39. The lowest BCUT2D eigenvalue weighted by atomic mass is 9.75. The van der Waals surface area contributed by atoms with Crippen LogP contribution in [0.25, 0.3) is 5.69 Å². The van der Waals surface area contributed by atoms with Crippen molar-refractivity contribution < 1.29 is 4.79 Å². The summed E-state index contributed by atoms with van der Waals surface area (Å²) in [6.45, 7) is 10.7. The van der Waals surface area contributed by atoms with Gasteiger partial charge in [-0.1, -0.05) is 45.9 Å². The van der Waals surface area contributed by atoms with Crippen LogP contribution < -0.4 is 0 Å². The molecule has 0 saturated carbocycles. The molecule has 1 aromatic carbocycles. The van der Waals surface area contributed by atoms with Gasteiger partial charge >= 0.3 is 0 Å². The largest absolute Gasteiger partial charge is 0.294 e. The first-order valence-corrected chi connectivity index (χ1v) is 8.01. The molecule has 1 heterocycles. The van der Waals surface area contributed by atoms with E-state index in [-0.39, 0.29) is 11.2 Å². The maximum atomic E-state index is 12.5. The van der Waals surface area contributed by atoms with Crippen LogP contribution in [0.5, 0.6) is 0 Å². The smallest absolute Gasteiger partial charge is 0.167 e. The van der Waals surface area contributed by atoms with Crippen LogP contribution in [0, 0.1) is 12.3 Å². The number of fused-ring (bicyclic) bond motifs is 1. The number of hydrogen-bond acceptors (Lipinski definition) is 2. The first-order chi connectivity index (χ1) is 10.3. The number of para-hydroxylation sites is 1. The molecule has 2 aromatic rings. The van der Waals surface area contributed by atoms with Crippen LogP contribution in [0.3, 0.4) is 0 Å². The third-order valence-corrected chi connectivity index (χ3v) is 4.51. The van der Waals surface area contributed by atoms with Crippen molar-refractivity contribution in [3.05, 3.63) is 46.8 Å². The third-order valence-electron chi connectivity index (χ3n) is 4.51.